The van der Waals surface area contributed by atoms with Crippen LogP contribution in [0.5, 0.6) is 5.75 Å². The van der Waals surface area contributed by atoms with Gasteiger partial charge >= 0.3 is 0 Å². The van der Waals surface area contributed by atoms with Crippen LogP contribution < -0.4 is 25.8 Å². The van der Waals surface area contributed by atoms with E-state index >= 15 is 0 Å². The molecule has 3 heterocycles. The monoisotopic (exact) mass is 411 g/mol. The number of nitrogens with zero attached hydrogens (tertiary/aromatic N) is 2. The molecule has 0 saturated carbocycles. The summed E-state index contributed by atoms with van der Waals surface area (Å²) in [7, 11) is 0. The Morgan fingerprint density at radius 3 is 2.63 bits per heavy atom. The first-order valence-corrected chi connectivity index (χ1v) is 10.3. The normalized spacial score (nSPS) is 18.4. The number of benzene rings is 1. The summed E-state index contributed by atoms with van der Waals surface area (Å²) in [5.74, 6) is -0.366. The molecule has 0 spiro atoms. The van der Waals surface area contributed by atoms with E-state index in [-0.39, 0.29) is 23.7 Å². The number of rotatable bonds is 5. The maximum absolute atomic E-state index is 12.9. The van der Waals surface area contributed by atoms with Gasteiger partial charge in [-0.1, -0.05) is 0 Å². The number of hydrogen-bond donors (Lipinski definition) is 3. The molecule has 1 fully saturated rings. The number of H-pyrrole nitrogens is 1. The number of anilines is 3. The molecule has 3 N–H and O–H groups in total. The molecule has 30 heavy (non-hydrogen) atoms. The first-order chi connectivity index (χ1) is 14.5. The maximum Gasteiger partial charge on any atom is 0.258 e. The van der Waals surface area contributed by atoms with Crippen molar-refractivity contribution in [2.45, 2.75) is 38.5 Å². The second-order valence-corrected chi connectivity index (χ2v) is 7.45. The van der Waals surface area contributed by atoms with E-state index in [4.69, 9.17) is 4.74 Å². The number of aromatic amines is 1. The highest BCUT2D eigenvalue weighted by molar-refractivity contribution is 6.04. The second kappa shape index (κ2) is 8.56. The Morgan fingerprint density at radius 1 is 1.20 bits per heavy atom. The number of carbonyl (C=O) groups excluding carboxylic acids is 2. The Kier molecular flexibility index (Phi) is 5.69. The van der Waals surface area contributed by atoms with Crippen molar-refractivity contribution in [2.75, 3.05) is 35.2 Å². The zero-order valence-electron chi connectivity index (χ0n) is 16.9. The number of amides is 2. The van der Waals surface area contributed by atoms with Gasteiger partial charge in [0.2, 0.25) is 17.8 Å². The molecule has 158 valence electrons. The third-order valence-electron chi connectivity index (χ3n) is 5.34. The van der Waals surface area contributed by atoms with Crippen molar-refractivity contribution in [3.63, 3.8) is 0 Å². The molecule has 1 unspecified atom stereocenters. The molecular weight excluding hydrogens is 386 g/mol. The minimum Gasteiger partial charge on any atom is -0.494 e. The van der Waals surface area contributed by atoms with Crippen molar-refractivity contribution in [2.24, 2.45) is 0 Å². The van der Waals surface area contributed by atoms with E-state index in [0.29, 0.717) is 24.0 Å². The van der Waals surface area contributed by atoms with Gasteiger partial charge in [0.1, 0.15) is 11.6 Å². The molecule has 9 nitrogen and oxygen atoms in total. The first-order valence-electron chi connectivity index (χ1n) is 10.3. The average Bonchev–Trinajstić information content (AvgIpc) is 2.75. The molecule has 0 aliphatic carbocycles. The van der Waals surface area contributed by atoms with E-state index in [0.717, 1.165) is 32.4 Å². The number of ether oxygens (including phenoxy) is 1. The Balaban J connectivity index is 1.58. The van der Waals surface area contributed by atoms with E-state index in [1.807, 2.05) is 11.8 Å². The number of nitrogens with one attached hydrogen (secondary N) is 3. The molecule has 2 amide bonds. The minimum atomic E-state index is -0.910. The minimum absolute atomic E-state index is 0.107. The Morgan fingerprint density at radius 2 is 1.93 bits per heavy atom. The average molecular weight is 411 g/mol. The lowest BCUT2D eigenvalue weighted by atomic mass is 9.92. The number of carbonyl (C=O) groups is 2. The third-order valence-corrected chi connectivity index (χ3v) is 5.34. The zero-order chi connectivity index (χ0) is 21.1. The summed E-state index contributed by atoms with van der Waals surface area (Å²) in [6.45, 7) is 4.05. The van der Waals surface area contributed by atoms with Gasteiger partial charge < -0.3 is 20.3 Å². The van der Waals surface area contributed by atoms with Crippen molar-refractivity contribution in [1.82, 2.24) is 9.97 Å². The molecule has 0 radical (unpaired) electrons. The van der Waals surface area contributed by atoms with Gasteiger partial charge in [0.25, 0.3) is 5.56 Å². The van der Waals surface area contributed by atoms with Crippen LogP contribution in [0.4, 0.5) is 17.5 Å². The predicted octanol–water partition coefficient (Wildman–Crippen LogP) is 2.22. The van der Waals surface area contributed by atoms with Crippen molar-refractivity contribution >= 4 is 29.3 Å². The molecule has 2 aliphatic rings. The maximum atomic E-state index is 12.9. The van der Waals surface area contributed by atoms with Crippen LogP contribution in [0, 0.1) is 0 Å². The van der Waals surface area contributed by atoms with Crippen molar-refractivity contribution in [1.29, 1.82) is 0 Å². The number of hydrogen-bond acceptors (Lipinski definition) is 6. The molecule has 0 bridgehead atoms. The third kappa shape index (κ3) is 4.14. The number of aromatic nitrogens is 2. The molecule has 2 aliphatic heterocycles. The topological polar surface area (TPSA) is 116 Å². The summed E-state index contributed by atoms with van der Waals surface area (Å²) < 4.78 is 5.40. The van der Waals surface area contributed by atoms with Gasteiger partial charge in [0.05, 0.1) is 18.1 Å². The summed E-state index contributed by atoms with van der Waals surface area (Å²) in [4.78, 5) is 47.3. The molecule has 1 aromatic carbocycles. The van der Waals surface area contributed by atoms with Gasteiger partial charge in [0, 0.05) is 25.2 Å². The quantitative estimate of drug-likeness (QED) is 0.695. The summed E-state index contributed by atoms with van der Waals surface area (Å²) >= 11 is 0. The van der Waals surface area contributed by atoms with Crippen LogP contribution in [0.2, 0.25) is 0 Å². The Labute approximate surface area is 173 Å². The highest BCUT2D eigenvalue weighted by Crippen LogP contribution is 2.30. The molecule has 4 rings (SSSR count). The lowest BCUT2D eigenvalue weighted by molar-refractivity contribution is -0.123. The fourth-order valence-corrected chi connectivity index (χ4v) is 3.87. The van der Waals surface area contributed by atoms with Crippen molar-refractivity contribution in [3.8, 4) is 5.75 Å². The number of piperidine rings is 1. The lowest BCUT2D eigenvalue weighted by Crippen LogP contribution is -2.38. The van der Waals surface area contributed by atoms with E-state index < -0.39 is 17.4 Å². The van der Waals surface area contributed by atoms with Crippen LogP contribution >= 0.6 is 0 Å². The molecule has 1 aromatic heterocycles. The summed E-state index contributed by atoms with van der Waals surface area (Å²) in [6.07, 6.45) is 3.10. The van der Waals surface area contributed by atoms with Gasteiger partial charge in [-0.05, 0) is 50.5 Å². The van der Waals surface area contributed by atoms with Gasteiger partial charge in [0.15, 0.2) is 0 Å². The molecule has 1 atom stereocenters. The van der Waals surface area contributed by atoms with Gasteiger partial charge in [-0.2, -0.15) is 4.98 Å². The van der Waals surface area contributed by atoms with Crippen molar-refractivity contribution < 1.29 is 14.3 Å². The Bertz CT molecular complexity index is 995. The van der Waals surface area contributed by atoms with Crippen LogP contribution in [-0.2, 0) is 9.59 Å². The van der Waals surface area contributed by atoms with Crippen LogP contribution in [-0.4, -0.2) is 41.5 Å². The summed E-state index contributed by atoms with van der Waals surface area (Å²) in [5, 5.41) is 5.44. The van der Waals surface area contributed by atoms with E-state index in [1.54, 1.807) is 24.3 Å². The van der Waals surface area contributed by atoms with Crippen molar-refractivity contribution in [3.05, 3.63) is 40.2 Å². The Hall–Kier alpha value is -3.36. The molecular formula is C21H25N5O4. The van der Waals surface area contributed by atoms with E-state index in [2.05, 4.69) is 20.6 Å². The predicted molar refractivity (Wildman–Crippen MR) is 113 cm³/mol. The fraction of sp³-hybridized carbons (Fsp3) is 0.429. The molecule has 2 aromatic rings. The van der Waals surface area contributed by atoms with Gasteiger partial charge in [-0.15, -0.1) is 0 Å². The zero-order valence-corrected chi connectivity index (χ0v) is 16.9. The highest BCUT2D eigenvalue weighted by Gasteiger charge is 2.35. The number of fused-ring (bicyclic) bond motifs is 1. The SMILES string of the molecule is CCOc1ccc(NC(=O)C2CC(=O)Nc3nc(N4CCCCC4)[nH]c(=O)c32)cc1. The molecule has 1 saturated heterocycles. The van der Waals surface area contributed by atoms with E-state index in [1.165, 1.54) is 0 Å². The van der Waals surface area contributed by atoms with Crippen LogP contribution in [0.15, 0.2) is 29.1 Å². The van der Waals surface area contributed by atoms with Crippen LogP contribution in [0.3, 0.4) is 0 Å². The summed E-state index contributed by atoms with van der Waals surface area (Å²) in [5.41, 5.74) is 0.358. The lowest BCUT2D eigenvalue weighted by Gasteiger charge is -2.29. The smallest absolute Gasteiger partial charge is 0.258 e. The fourth-order valence-electron chi connectivity index (χ4n) is 3.87. The van der Waals surface area contributed by atoms with Crippen LogP contribution in [0.25, 0.3) is 0 Å². The molecule has 9 heteroatoms. The van der Waals surface area contributed by atoms with Gasteiger partial charge in [-0.25, -0.2) is 0 Å². The van der Waals surface area contributed by atoms with E-state index in [9.17, 15) is 14.4 Å². The second-order valence-electron chi connectivity index (χ2n) is 7.45. The standard InChI is InChI=1S/C21H25N5O4/c1-2-30-14-8-6-13(7-9-14)22-19(28)15-12-16(27)23-18-17(15)20(29)25-21(24-18)26-10-4-3-5-11-26/h6-9,15H,2-5,10-12H2,1H3,(H,22,28)(H2,23,24,25,27,29). The first kappa shape index (κ1) is 19.9. The van der Waals surface area contributed by atoms with Crippen LogP contribution in [0.1, 0.15) is 44.1 Å². The highest BCUT2D eigenvalue weighted by atomic mass is 16.5. The van der Waals surface area contributed by atoms with Gasteiger partial charge in [-0.3, -0.25) is 19.4 Å². The largest absolute Gasteiger partial charge is 0.494 e. The summed E-state index contributed by atoms with van der Waals surface area (Å²) in [6, 6.07) is 6.93.